The Balaban J connectivity index is 2.47. The Hall–Kier alpha value is -1.08. The van der Waals surface area contributed by atoms with Gasteiger partial charge in [0.05, 0.1) is 11.3 Å². The Bertz CT molecular complexity index is 463. The lowest BCUT2D eigenvalue weighted by atomic mass is 9.84. The summed E-state index contributed by atoms with van der Waals surface area (Å²) in [6.45, 7) is 1.93. The summed E-state index contributed by atoms with van der Waals surface area (Å²) >= 11 is -0.0804. The summed E-state index contributed by atoms with van der Waals surface area (Å²) in [5, 5.41) is 12.8. The number of carboxylic acids is 1. The number of fused-ring (bicyclic) bond motifs is 1. The van der Waals surface area contributed by atoms with E-state index < -0.39 is 5.97 Å². The van der Waals surface area contributed by atoms with E-state index in [0.717, 1.165) is 4.09 Å². The number of aromatic carboxylic acids is 1. The Morgan fingerprint density at radius 3 is 2.94 bits per heavy atom. The number of halogens is 1. The second-order valence-corrected chi connectivity index (χ2v) is 4.84. The molecule has 0 saturated carbocycles. The van der Waals surface area contributed by atoms with Crippen molar-refractivity contribution in [1.29, 1.82) is 0 Å². The third kappa shape index (κ3) is 2.04. The molecule has 1 unspecified atom stereocenters. The maximum Gasteiger partial charge on any atom is 0.356 e. The van der Waals surface area contributed by atoms with Crippen LogP contribution in [0, 0.1) is 0 Å². The summed E-state index contributed by atoms with van der Waals surface area (Å²) in [6, 6.07) is 0. The molecule has 0 bridgehead atoms. The minimum absolute atomic E-state index is 0.0525. The first-order valence-corrected chi connectivity index (χ1v) is 5.86. The Morgan fingerprint density at radius 1 is 1.71 bits per heavy atom. The van der Waals surface area contributed by atoms with Gasteiger partial charge in [0.15, 0.2) is 18.0 Å². The van der Waals surface area contributed by atoms with Crippen molar-refractivity contribution in [3.63, 3.8) is 0 Å². The van der Waals surface area contributed by atoms with E-state index in [2.05, 4.69) is 5.10 Å². The molecule has 0 fully saturated rings. The molecule has 1 aliphatic carbocycles. The number of aromatic nitrogens is 2. The predicted octanol–water partition coefficient (Wildman–Crippen LogP) is 1.86. The highest BCUT2D eigenvalue weighted by atomic mass is 32.2. The fourth-order valence-electron chi connectivity index (χ4n) is 2.14. The van der Waals surface area contributed by atoms with E-state index in [1.165, 1.54) is 0 Å². The average molecular weight is 260 g/mol. The molecule has 7 heteroatoms. The van der Waals surface area contributed by atoms with Crippen LogP contribution in [0.2, 0.25) is 0 Å². The van der Waals surface area contributed by atoms with Gasteiger partial charge in [-0.3, -0.25) is 0 Å². The van der Waals surface area contributed by atoms with Crippen molar-refractivity contribution in [2.45, 2.75) is 31.8 Å². The molecule has 1 N–H and O–H groups in total. The molecule has 1 aliphatic rings. The standard InChI is InChI=1S/C10H13FN2O3S/c1-10(16-2)4-3-6-7(5-10)13(17-11)12-8(6)9(14)15/h3-5H2,1-2H3,(H,14,15). The molecule has 1 atom stereocenters. The van der Waals surface area contributed by atoms with Crippen LogP contribution in [0.5, 0.6) is 0 Å². The van der Waals surface area contributed by atoms with Crippen LogP contribution in [-0.2, 0) is 17.6 Å². The molecule has 0 aromatic carbocycles. The first-order valence-electron chi connectivity index (χ1n) is 5.19. The molecule has 0 amide bonds. The van der Waals surface area contributed by atoms with E-state index >= 15 is 0 Å². The van der Waals surface area contributed by atoms with Crippen LogP contribution in [0.15, 0.2) is 0 Å². The number of hydrogen-bond acceptors (Lipinski definition) is 4. The van der Waals surface area contributed by atoms with E-state index in [4.69, 9.17) is 9.84 Å². The zero-order valence-electron chi connectivity index (χ0n) is 9.57. The minimum Gasteiger partial charge on any atom is -0.476 e. The van der Waals surface area contributed by atoms with Gasteiger partial charge in [-0.25, -0.2) is 4.79 Å². The van der Waals surface area contributed by atoms with Crippen molar-refractivity contribution in [2.75, 3.05) is 7.11 Å². The number of hydrogen-bond donors (Lipinski definition) is 1. The average Bonchev–Trinajstić information content (AvgIpc) is 2.67. The van der Waals surface area contributed by atoms with Crippen molar-refractivity contribution in [2.24, 2.45) is 0 Å². The molecular formula is C10H13FN2O3S. The van der Waals surface area contributed by atoms with E-state index in [-0.39, 0.29) is 23.6 Å². The summed E-state index contributed by atoms with van der Waals surface area (Å²) in [5.74, 6) is -1.12. The second-order valence-electron chi connectivity index (χ2n) is 4.35. The van der Waals surface area contributed by atoms with Crippen LogP contribution in [0.4, 0.5) is 3.89 Å². The Morgan fingerprint density at radius 2 is 2.41 bits per heavy atom. The number of carbonyl (C=O) groups is 1. The van der Waals surface area contributed by atoms with Gasteiger partial charge >= 0.3 is 5.97 Å². The Labute approximate surface area is 102 Å². The molecule has 2 rings (SSSR count). The van der Waals surface area contributed by atoms with Crippen molar-refractivity contribution >= 4 is 18.3 Å². The molecular weight excluding hydrogens is 247 g/mol. The maximum absolute atomic E-state index is 12.7. The van der Waals surface area contributed by atoms with Gasteiger partial charge < -0.3 is 9.84 Å². The van der Waals surface area contributed by atoms with Crippen LogP contribution >= 0.6 is 12.3 Å². The normalized spacial score (nSPS) is 23.5. The third-order valence-electron chi connectivity index (χ3n) is 3.26. The highest BCUT2D eigenvalue weighted by Gasteiger charge is 2.36. The SMILES string of the molecule is COC1(C)CCc2c(C(=O)O)nn(SF)c2C1. The maximum atomic E-state index is 12.7. The Kier molecular flexibility index (Phi) is 3.13. The van der Waals surface area contributed by atoms with E-state index in [0.29, 0.717) is 30.5 Å². The summed E-state index contributed by atoms with van der Waals surface area (Å²) < 4.78 is 19.2. The molecule has 1 aromatic rings. The lowest BCUT2D eigenvalue weighted by molar-refractivity contribution is -0.00604. The number of rotatable bonds is 3. The van der Waals surface area contributed by atoms with Gasteiger partial charge in [0, 0.05) is 19.1 Å². The second kappa shape index (κ2) is 4.30. The summed E-state index contributed by atoms with van der Waals surface area (Å²) in [5.41, 5.74) is 0.794. The topological polar surface area (TPSA) is 64.3 Å². The molecule has 0 aliphatic heterocycles. The predicted molar refractivity (Wildman–Crippen MR) is 60.7 cm³/mol. The van der Waals surface area contributed by atoms with E-state index in [1.54, 1.807) is 7.11 Å². The molecule has 94 valence electrons. The number of carboxylic acid groups (broad SMARTS) is 1. The van der Waals surface area contributed by atoms with Crippen molar-refractivity contribution in [3.8, 4) is 0 Å². The number of methoxy groups -OCH3 is 1. The van der Waals surface area contributed by atoms with Gasteiger partial charge in [0.25, 0.3) is 0 Å². The molecule has 0 saturated heterocycles. The zero-order valence-corrected chi connectivity index (χ0v) is 10.4. The van der Waals surface area contributed by atoms with E-state index in [1.807, 2.05) is 6.92 Å². The van der Waals surface area contributed by atoms with Gasteiger partial charge in [-0.1, -0.05) is 0 Å². The molecule has 1 heterocycles. The van der Waals surface area contributed by atoms with Gasteiger partial charge in [-0.05, 0) is 19.8 Å². The highest BCUT2D eigenvalue weighted by molar-refractivity contribution is 7.92. The summed E-state index contributed by atoms with van der Waals surface area (Å²) in [7, 11) is 1.60. The lowest BCUT2D eigenvalue weighted by Gasteiger charge is -2.32. The molecule has 1 aromatic heterocycles. The van der Waals surface area contributed by atoms with Crippen molar-refractivity contribution in [1.82, 2.24) is 9.19 Å². The van der Waals surface area contributed by atoms with Crippen LogP contribution in [-0.4, -0.2) is 33.0 Å². The summed E-state index contributed by atoms with van der Waals surface area (Å²) in [6.07, 6.45) is 1.72. The van der Waals surface area contributed by atoms with Crippen LogP contribution < -0.4 is 0 Å². The molecule has 0 radical (unpaired) electrons. The van der Waals surface area contributed by atoms with Crippen molar-refractivity contribution < 1.29 is 18.5 Å². The van der Waals surface area contributed by atoms with Crippen molar-refractivity contribution in [3.05, 3.63) is 17.0 Å². The first kappa shape index (κ1) is 12.4. The molecule has 5 nitrogen and oxygen atoms in total. The minimum atomic E-state index is -1.12. The monoisotopic (exact) mass is 260 g/mol. The quantitative estimate of drug-likeness (QED) is 0.898. The highest BCUT2D eigenvalue weighted by Crippen LogP contribution is 2.34. The zero-order chi connectivity index (χ0) is 12.6. The lowest BCUT2D eigenvalue weighted by Crippen LogP contribution is -2.35. The van der Waals surface area contributed by atoms with Gasteiger partial charge in [-0.15, -0.1) is 3.89 Å². The van der Waals surface area contributed by atoms with Crippen LogP contribution in [0.3, 0.4) is 0 Å². The smallest absolute Gasteiger partial charge is 0.356 e. The van der Waals surface area contributed by atoms with Crippen LogP contribution in [0.25, 0.3) is 0 Å². The largest absolute Gasteiger partial charge is 0.476 e. The van der Waals surface area contributed by atoms with Crippen LogP contribution in [0.1, 0.15) is 35.1 Å². The van der Waals surface area contributed by atoms with Gasteiger partial charge in [-0.2, -0.15) is 9.19 Å². The molecule has 17 heavy (non-hydrogen) atoms. The summed E-state index contributed by atoms with van der Waals surface area (Å²) in [4.78, 5) is 11.0. The van der Waals surface area contributed by atoms with Gasteiger partial charge in [0.2, 0.25) is 0 Å². The fourth-order valence-corrected chi connectivity index (χ4v) is 2.51. The van der Waals surface area contributed by atoms with Gasteiger partial charge in [0.1, 0.15) is 0 Å². The third-order valence-corrected chi connectivity index (χ3v) is 3.69. The van der Waals surface area contributed by atoms with E-state index in [9.17, 15) is 8.68 Å². The number of ether oxygens (including phenoxy) is 1. The number of nitrogens with zero attached hydrogens (tertiary/aromatic N) is 2. The first-order chi connectivity index (χ1) is 8.00. The fraction of sp³-hybridized carbons (Fsp3) is 0.600. The molecule has 0 spiro atoms.